The number of rotatable bonds is 5. The van der Waals surface area contributed by atoms with Gasteiger partial charge in [-0.3, -0.25) is 0 Å². The van der Waals surface area contributed by atoms with Crippen LogP contribution in [0.2, 0.25) is 0 Å². The van der Waals surface area contributed by atoms with Crippen molar-refractivity contribution in [1.29, 1.82) is 0 Å². The molecule has 0 amide bonds. The molecular weight excluding hydrogens is 242 g/mol. The van der Waals surface area contributed by atoms with E-state index < -0.39 is 0 Å². The Morgan fingerprint density at radius 2 is 2.05 bits per heavy atom. The summed E-state index contributed by atoms with van der Waals surface area (Å²) in [6.45, 7) is 5.99. The van der Waals surface area contributed by atoms with Crippen LogP contribution in [-0.2, 0) is 0 Å². The van der Waals surface area contributed by atoms with Crippen LogP contribution >= 0.6 is 0 Å². The van der Waals surface area contributed by atoms with Gasteiger partial charge in [0.2, 0.25) is 0 Å². The summed E-state index contributed by atoms with van der Waals surface area (Å²) in [5.74, 6) is 0. The van der Waals surface area contributed by atoms with Crippen LogP contribution in [0.3, 0.4) is 0 Å². The van der Waals surface area contributed by atoms with Crippen LogP contribution < -0.4 is 4.90 Å². The Balaban J connectivity index is 2.46. The monoisotopic (exact) mass is 263 g/mol. The van der Waals surface area contributed by atoms with E-state index in [1.54, 1.807) is 0 Å². The first-order valence-electron chi connectivity index (χ1n) is 7.03. The van der Waals surface area contributed by atoms with Crippen molar-refractivity contribution in [2.75, 3.05) is 4.90 Å². The lowest BCUT2D eigenvalue weighted by atomic mass is 10.1. The quantitative estimate of drug-likeness (QED) is 0.645. The number of anilines is 1. The molecule has 0 heterocycles. The fourth-order valence-corrected chi connectivity index (χ4v) is 2.26. The highest BCUT2D eigenvalue weighted by molar-refractivity contribution is 5.61. The van der Waals surface area contributed by atoms with Gasteiger partial charge in [-0.15, -0.1) is 0 Å². The molecule has 0 bridgehead atoms. The van der Waals surface area contributed by atoms with E-state index in [4.69, 9.17) is 0 Å². The zero-order valence-electron chi connectivity index (χ0n) is 12.0. The lowest BCUT2D eigenvalue weighted by Crippen LogP contribution is -2.21. The Labute approximate surface area is 121 Å². The highest BCUT2D eigenvalue weighted by atomic mass is 15.2. The molecule has 0 N–H and O–H groups in total. The van der Waals surface area contributed by atoms with E-state index >= 15 is 0 Å². The lowest BCUT2D eigenvalue weighted by Gasteiger charge is -2.29. The largest absolute Gasteiger partial charge is 0.314 e. The summed E-state index contributed by atoms with van der Waals surface area (Å²) in [7, 11) is 0. The van der Waals surface area contributed by atoms with E-state index in [0.29, 0.717) is 0 Å². The fraction of sp³-hybridized carbons (Fsp3) is 0.158. The third-order valence-electron chi connectivity index (χ3n) is 3.22. The first-order chi connectivity index (χ1) is 9.86. The van der Waals surface area contributed by atoms with Gasteiger partial charge in [-0.25, -0.2) is 0 Å². The molecular formula is C19H21N. The smallest absolute Gasteiger partial charge is 0.0458 e. The van der Waals surface area contributed by atoms with Crippen LogP contribution in [0.5, 0.6) is 0 Å². The van der Waals surface area contributed by atoms with Crippen molar-refractivity contribution >= 4 is 5.69 Å². The number of benzene rings is 1. The van der Waals surface area contributed by atoms with Crippen LogP contribution in [0.1, 0.15) is 19.8 Å². The molecule has 1 nitrogen and oxygen atoms in total. The van der Waals surface area contributed by atoms with E-state index in [2.05, 4.69) is 60.0 Å². The van der Waals surface area contributed by atoms with Gasteiger partial charge in [0, 0.05) is 17.1 Å². The van der Waals surface area contributed by atoms with Crippen molar-refractivity contribution in [2.24, 2.45) is 0 Å². The number of para-hydroxylation sites is 1. The van der Waals surface area contributed by atoms with Gasteiger partial charge < -0.3 is 4.90 Å². The van der Waals surface area contributed by atoms with Gasteiger partial charge in [0.25, 0.3) is 0 Å². The fourth-order valence-electron chi connectivity index (χ4n) is 2.26. The molecule has 2 rings (SSSR count). The molecule has 0 saturated heterocycles. The molecule has 1 heteroatoms. The maximum absolute atomic E-state index is 3.97. The molecule has 0 aliphatic heterocycles. The minimum atomic E-state index is 1.05. The van der Waals surface area contributed by atoms with Crippen molar-refractivity contribution in [2.45, 2.75) is 19.8 Å². The summed E-state index contributed by atoms with van der Waals surface area (Å²) in [5.41, 5.74) is 3.56. The molecule has 1 aliphatic rings. The summed E-state index contributed by atoms with van der Waals surface area (Å²) in [6, 6.07) is 10.4. The minimum absolute atomic E-state index is 1.05. The van der Waals surface area contributed by atoms with Crippen LogP contribution in [-0.4, -0.2) is 0 Å². The number of nitrogens with zero attached hydrogens (tertiary/aromatic N) is 1. The molecule has 0 unspecified atom stereocenters. The second-order valence-corrected chi connectivity index (χ2v) is 4.62. The van der Waals surface area contributed by atoms with Gasteiger partial charge in [-0.05, 0) is 50.1 Å². The summed E-state index contributed by atoms with van der Waals surface area (Å²) in [4.78, 5) is 2.27. The van der Waals surface area contributed by atoms with Crippen molar-refractivity contribution in [3.8, 4) is 0 Å². The van der Waals surface area contributed by atoms with Crippen LogP contribution in [0.25, 0.3) is 0 Å². The maximum Gasteiger partial charge on any atom is 0.0458 e. The van der Waals surface area contributed by atoms with Crippen LogP contribution in [0.15, 0.2) is 90.8 Å². The molecule has 1 aliphatic carbocycles. The Bertz CT molecular complexity index is 559. The Hall–Kier alpha value is -2.28. The summed E-state index contributed by atoms with van der Waals surface area (Å²) < 4.78 is 0. The molecule has 1 aromatic carbocycles. The van der Waals surface area contributed by atoms with Gasteiger partial charge in [0.15, 0.2) is 0 Å². The van der Waals surface area contributed by atoms with Crippen molar-refractivity contribution in [3.05, 3.63) is 90.8 Å². The van der Waals surface area contributed by atoms with E-state index in [1.165, 1.54) is 11.4 Å². The predicted octanol–water partition coefficient (Wildman–Crippen LogP) is 5.37. The Morgan fingerprint density at radius 3 is 2.65 bits per heavy atom. The van der Waals surface area contributed by atoms with Gasteiger partial charge in [0.05, 0.1) is 0 Å². The van der Waals surface area contributed by atoms with Crippen molar-refractivity contribution < 1.29 is 0 Å². The maximum atomic E-state index is 3.97. The van der Waals surface area contributed by atoms with Crippen LogP contribution in [0, 0.1) is 0 Å². The lowest BCUT2D eigenvalue weighted by molar-refractivity contribution is 0.901. The zero-order chi connectivity index (χ0) is 14.2. The molecule has 0 aromatic heterocycles. The molecule has 0 saturated carbocycles. The minimum Gasteiger partial charge on any atom is -0.314 e. The SMILES string of the molecule is C=C/C(=C\C=C\C)N(C1=CC=CCC1)c1ccccc1. The van der Waals surface area contributed by atoms with E-state index in [1.807, 2.05) is 31.2 Å². The highest BCUT2D eigenvalue weighted by Crippen LogP contribution is 2.28. The van der Waals surface area contributed by atoms with E-state index in [-0.39, 0.29) is 0 Å². The standard InChI is InChI=1S/C19H21N/c1-3-5-12-17(4-2)20(18-13-8-6-9-14-18)19-15-10-7-11-16-19/h3-10,12-15H,2,11,16H2,1H3/b5-3+,17-12+. The molecule has 0 atom stereocenters. The van der Waals surface area contributed by atoms with Crippen molar-refractivity contribution in [1.82, 2.24) is 0 Å². The molecule has 1 aromatic rings. The summed E-state index contributed by atoms with van der Waals surface area (Å²) in [5, 5.41) is 0. The molecule has 0 radical (unpaired) electrons. The van der Waals surface area contributed by atoms with Crippen LogP contribution in [0.4, 0.5) is 5.69 Å². The van der Waals surface area contributed by atoms with Crippen molar-refractivity contribution in [3.63, 3.8) is 0 Å². The van der Waals surface area contributed by atoms with Gasteiger partial charge in [-0.2, -0.15) is 0 Å². The predicted molar refractivity (Wildman–Crippen MR) is 88.5 cm³/mol. The Kier molecular flexibility index (Phi) is 5.19. The first kappa shape index (κ1) is 14.1. The summed E-state index contributed by atoms with van der Waals surface area (Å²) >= 11 is 0. The molecule has 0 spiro atoms. The van der Waals surface area contributed by atoms with Gasteiger partial charge in [-0.1, -0.05) is 49.1 Å². The molecule has 0 fully saturated rings. The number of allylic oxidation sites excluding steroid dienone is 8. The zero-order valence-corrected chi connectivity index (χ0v) is 12.0. The number of hydrogen-bond acceptors (Lipinski definition) is 1. The average molecular weight is 263 g/mol. The Morgan fingerprint density at radius 1 is 1.25 bits per heavy atom. The second-order valence-electron chi connectivity index (χ2n) is 4.62. The third-order valence-corrected chi connectivity index (χ3v) is 3.22. The normalized spacial score (nSPS) is 15.2. The van der Waals surface area contributed by atoms with E-state index in [0.717, 1.165) is 18.5 Å². The first-order valence-corrected chi connectivity index (χ1v) is 7.03. The third kappa shape index (κ3) is 3.39. The van der Waals surface area contributed by atoms with Gasteiger partial charge in [0.1, 0.15) is 0 Å². The average Bonchev–Trinajstić information content (AvgIpc) is 2.53. The molecule has 102 valence electrons. The van der Waals surface area contributed by atoms with E-state index in [9.17, 15) is 0 Å². The molecule has 20 heavy (non-hydrogen) atoms. The highest BCUT2D eigenvalue weighted by Gasteiger charge is 2.14. The topological polar surface area (TPSA) is 3.24 Å². The summed E-state index contributed by atoms with van der Waals surface area (Å²) in [6.07, 6.45) is 16.7. The van der Waals surface area contributed by atoms with Gasteiger partial charge >= 0.3 is 0 Å². The number of hydrogen-bond donors (Lipinski definition) is 0. The second kappa shape index (κ2) is 7.34.